The number of carbonyl (C=O) groups excluding carboxylic acids is 1. The first-order valence-electron chi connectivity index (χ1n) is 14.2. The highest BCUT2D eigenvalue weighted by atomic mass is 16.5. The Balaban J connectivity index is 1.28. The van der Waals surface area contributed by atoms with Gasteiger partial charge in [0.2, 0.25) is 5.95 Å². The second-order valence-electron chi connectivity index (χ2n) is 10.5. The van der Waals surface area contributed by atoms with E-state index < -0.39 is 0 Å². The Morgan fingerprint density at radius 2 is 1.81 bits per heavy atom. The van der Waals surface area contributed by atoms with Gasteiger partial charge in [-0.3, -0.25) is 14.2 Å². The molecule has 11 heteroatoms. The van der Waals surface area contributed by atoms with E-state index in [0.29, 0.717) is 36.1 Å². The molecule has 0 unspecified atom stereocenters. The van der Waals surface area contributed by atoms with Crippen LogP contribution in [0, 0.1) is 0 Å². The summed E-state index contributed by atoms with van der Waals surface area (Å²) in [7, 11) is 7.10. The summed E-state index contributed by atoms with van der Waals surface area (Å²) in [6.07, 6.45) is 8.13. The predicted molar refractivity (Wildman–Crippen MR) is 164 cm³/mol. The van der Waals surface area contributed by atoms with Crippen LogP contribution in [0.2, 0.25) is 0 Å². The van der Waals surface area contributed by atoms with Crippen LogP contribution in [0.5, 0.6) is 5.75 Å². The normalized spacial score (nSPS) is 12.0. The third kappa shape index (κ3) is 5.71. The van der Waals surface area contributed by atoms with Crippen molar-refractivity contribution >= 4 is 17.5 Å². The monoisotopic (exact) mass is 578 g/mol. The molecule has 1 aliphatic rings. The number of rotatable bonds is 10. The van der Waals surface area contributed by atoms with Crippen molar-refractivity contribution in [3.05, 3.63) is 77.9 Å². The van der Waals surface area contributed by atoms with Crippen molar-refractivity contribution in [3.63, 3.8) is 0 Å². The molecule has 5 aromatic rings. The summed E-state index contributed by atoms with van der Waals surface area (Å²) < 4.78 is 14.4. The molecule has 220 valence electrons. The molecule has 2 aromatic carbocycles. The van der Waals surface area contributed by atoms with Crippen molar-refractivity contribution in [1.29, 1.82) is 0 Å². The molecule has 0 aliphatic heterocycles. The molecule has 0 atom stereocenters. The van der Waals surface area contributed by atoms with Crippen LogP contribution in [0.1, 0.15) is 28.0 Å². The number of nitrogens with one attached hydrogen (secondary N) is 2. The maximum atomic E-state index is 12.6. The van der Waals surface area contributed by atoms with Crippen LogP contribution in [0.3, 0.4) is 0 Å². The standard InChI is InChI=1S/C32H34N8O3/c1-39-19-24(18-35-39)20-6-8-21(9-7-20)30-28-26(38-40(30)2)13-11-23-17-34-32(37-29(23)28)36-25-12-10-22(16-27(25)43-4)31(41)33-14-5-15-42-3/h6-10,12,16-19H,5,11,13-15H2,1-4H3,(H,33,41)(H,34,36,37). The van der Waals surface area contributed by atoms with Gasteiger partial charge in [-0.2, -0.15) is 10.2 Å². The summed E-state index contributed by atoms with van der Waals surface area (Å²) in [5, 5.41) is 15.4. The molecule has 1 amide bonds. The molecule has 0 saturated carbocycles. The molecular formula is C32H34N8O3. The molecule has 0 spiro atoms. The Morgan fingerprint density at radius 3 is 2.56 bits per heavy atom. The largest absolute Gasteiger partial charge is 0.495 e. The Bertz CT molecular complexity index is 1770. The van der Waals surface area contributed by atoms with Gasteiger partial charge >= 0.3 is 0 Å². The summed E-state index contributed by atoms with van der Waals surface area (Å²) >= 11 is 0. The smallest absolute Gasteiger partial charge is 0.251 e. The summed E-state index contributed by atoms with van der Waals surface area (Å²) in [4.78, 5) is 22.2. The molecule has 11 nitrogen and oxygen atoms in total. The van der Waals surface area contributed by atoms with E-state index in [1.54, 1.807) is 37.1 Å². The summed E-state index contributed by atoms with van der Waals surface area (Å²) in [5.74, 6) is 0.779. The molecule has 0 saturated heterocycles. The van der Waals surface area contributed by atoms with Crippen molar-refractivity contribution < 1.29 is 14.3 Å². The zero-order chi connectivity index (χ0) is 29.9. The second-order valence-corrected chi connectivity index (χ2v) is 10.5. The number of aromatic nitrogens is 6. The van der Waals surface area contributed by atoms with Gasteiger partial charge in [0.1, 0.15) is 5.75 Å². The highest BCUT2D eigenvalue weighted by Gasteiger charge is 2.27. The Kier molecular flexibility index (Phi) is 7.89. The lowest BCUT2D eigenvalue weighted by Gasteiger charge is -2.18. The quantitative estimate of drug-likeness (QED) is 0.231. The minimum Gasteiger partial charge on any atom is -0.495 e. The third-order valence-corrected chi connectivity index (χ3v) is 7.57. The zero-order valence-electron chi connectivity index (χ0n) is 24.7. The highest BCUT2D eigenvalue weighted by Crippen LogP contribution is 2.40. The van der Waals surface area contributed by atoms with Gasteiger partial charge in [-0.1, -0.05) is 24.3 Å². The van der Waals surface area contributed by atoms with Crippen LogP contribution in [-0.2, 0) is 31.7 Å². The highest BCUT2D eigenvalue weighted by molar-refractivity contribution is 5.95. The third-order valence-electron chi connectivity index (χ3n) is 7.57. The average molecular weight is 579 g/mol. The van der Waals surface area contributed by atoms with E-state index >= 15 is 0 Å². The summed E-state index contributed by atoms with van der Waals surface area (Å²) in [5.41, 5.74) is 9.39. The van der Waals surface area contributed by atoms with Crippen LogP contribution in [0.15, 0.2) is 61.1 Å². The first-order valence-corrected chi connectivity index (χ1v) is 14.2. The fourth-order valence-electron chi connectivity index (χ4n) is 5.42. The number of ether oxygens (including phenoxy) is 2. The van der Waals surface area contributed by atoms with Crippen molar-refractivity contribution in [3.8, 4) is 39.4 Å². The number of fused-ring (bicyclic) bond motifs is 3. The number of methoxy groups -OCH3 is 2. The summed E-state index contributed by atoms with van der Waals surface area (Å²) in [6.45, 7) is 1.12. The fourth-order valence-corrected chi connectivity index (χ4v) is 5.42. The molecule has 3 aromatic heterocycles. The van der Waals surface area contributed by atoms with E-state index in [4.69, 9.17) is 19.6 Å². The first kappa shape index (κ1) is 28.1. The lowest BCUT2D eigenvalue weighted by atomic mass is 9.91. The molecule has 3 heterocycles. The molecule has 2 N–H and O–H groups in total. The van der Waals surface area contributed by atoms with Gasteiger partial charge in [0.15, 0.2) is 0 Å². The van der Waals surface area contributed by atoms with Gasteiger partial charge < -0.3 is 20.1 Å². The van der Waals surface area contributed by atoms with Gasteiger partial charge in [-0.15, -0.1) is 0 Å². The molecule has 0 bridgehead atoms. The van der Waals surface area contributed by atoms with Crippen LogP contribution in [0.4, 0.5) is 11.6 Å². The van der Waals surface area contributed by atoms with Gasteiger partial charge in [0.05, 0.1) is 36.1 Å². The minimum atomic E-state index is -0.170. The topological polar surface area (TPSA) is 121 Å². The van der Waals surface area contributed by atoms with Gasteiger partial charge in [-0.05, 0) is 48.6 Å². The van der Waals surface area contributed by atoms with E-state index in [1.165, 1.54) is 0 Å². The average Bonchev–Trinajstić information content (AvgIpc) is 3.61. The summed E-state index contributed by atoms with van der Waals surface area (Å²) in [6, 6.07) is 13.7. The number of hydrogen-bond acceptors (Lipinski definition) is 8. The number of aryl methyl sites for hydroxylation is 4. The van der Waals surface area contributed by atoms with Gasteiger partial charge in [0, 0.05) is 69.0 Å². The van der Waals surface area contributed by atoms with Crippen LogP contribution in [-0.4, -0.2) is 62.8 Å². The van der Waals surface area contributed by atoms with Crippen LogP contribution >= 0.6 is 0 Å². The van der Waals surface area contributed by atoms with E-state index in [1.807, 2.05) is 37.4 Å². The lowest BCUT2D eigenvalue weighted by Crippen LogP contribution is -2.25. The van der Waals surface area contributed by atoms with Crippen LogP contribution < -0.4 is 15.4 Å². The van der Waals surface area contributed by atoms with E-state index in [9.17, 15) is 4.79 Å². The fraction of sp³-hybridized carbons (Fsp3) is 0.281. The number of nitrogens with zero attached hydrogens (tertiary/aromatic N) is 6. The number of hydrogen-bond donors (Lipinski definition) is 2. The Labute approximate surface area is 249 Å². The molecule has 0 radical (unpaired) electrons. The lowest BCUT2D eigenvalue weighted by molar-refractivity contribution is 0.0948. The van der Waals surface area contributed by atoms with Crippen molar-refractivity contribution in [2.45, 2.75) is 19.3 Å². The Hall–Kier alpha value is -5.03. The maximum Gasteiger partial charge on any atom is 0.251 e. The van der Waals surface area contributed by atoms with Crippen molar-refractivity contribution in [1.82, 2.24) is 34.8 Å². The van der Waals surface area contributed by atoms with E-state index in [-0.39, 0.29) is 5.91 Å². The number of benzene rings is 2. The molecular weight excluding hydrogens is 544 g/mol. The van der Waals surface area contributed by atoms with Crippen molar-refractivity contribution in [2.24, 2.45) is 14.1 Å². The second kappa shape index (κ2) is 12.1. The molecule has 1 aliphatic carbocycles. The number of carbonyl (C=O) groups is 1. The first-order chi connectivity index (χ1) is 20.9. The van der Waals surface area contributed by atoms with Crippen LogP contribution in [0.25, 0.3) is 33.6 Å². The van der Waals surface area contributed by atoms with E-state index in [2.05, 4.69) is 45.0 Å². The zero-order valence-corrected chi connectivity index (χ0v) is 24.7. The van der Waals surface area contributed by atoms with Gasteiger partial charge in [0.25, 0.3) is 5.91 Å². The van der Waals surface area contributed by atoms with Gasteiger partial charge in [-0.25, -0.2) is 9.97 Å². The molecule has 0 fully saturated rings. The molecule has 43 heavy (non-hydrogen) atoms. The number of anilines is 2. The molecule has 6 rings (SSSR count). The van der Waals surface area contributed by atoms with E-state index in [0.717, 1.165) is 64.2 Å². The maximum absolute atomic E-state index is 12.6. The minimum absolute atomic E-state index is 0.170. The SMILES string of the molecule is COCCCNC(=O)c1ccc(Nc2ncc3c(n2)-c2c(nn(C)c2-c2ccc(-c4cnn(C)c4)cc2)CC3)c(OC)c1. The Morgan fingerprint density at radius 1 is 1.00 bits per heavy atom. The van der Waals surface area contributed by atoms with Crippen molar-refractivity contribution in [2.75, 3.05) is 32.7 Å². The predicted octanol–water partition coefficient (Wildman–Crippen LogP) is 4.56. The number of amides is 1.